The van der Waals surface area contributed by atoms with Crippen LogP contribution in [0.3, 0.4) is 0 Å². The minimum atomic E-state index is -0.666. The van der Waals surface area contributed by atoms with Crippen LogP contribution >= 0.6 is 15.9 Å². The number of benzene rings is 3. The monoisotopic (exact) mass is 564 g/mol. The van der Waals surface area contributed by atoms with E-state index in [1.165, 1.54) is 17.9 Å². The van der Waals surface area contributed by atoms with Crippen LogP contribution in [0.5, 0.6) is 11.5 Å². The molecular weight excluding hydrogens is 543 g/mol. The molecule has 1 aliphatic rings. The summed E-state index contributed by atoms with van der Waals surface area (Å²) in [5.41, 5.74) is 2.78. The van der Waals surface area contributed by atoms with Crippen LogP contribution in [0.15, 0.2) is 82.5 Å². The van der Waals surface area contributed by atoms with Crippen LogP contribution in [0.2, 0.25) is 0 Å². The summed E-state index contributed by atoms with van der Waals surface area (Å²) in [6, 6.07) is 18.5. The molecule has 1 aliphatic heterocycles. The van der Waals surface area contributed by atoms with Gasteiger partial charge in [0.15, 0.2) is 11.5 Å². The van der Waals surface area contributed by atoms with E-state index in [0.29, 0.717) is 50.0 Å². The van der Waals surface area contributed by atoms with Crippen molar-refractivity contribution in [3.05, 3.63) is 99.4 Å². The lowest BCUT2D eigenvalue weighted by Gasteiger charge is -2.28. The van der Waals surface area contributed by atoms with E-state index in [1.807, 2.05) is 36.4 Å². The molecule has 2 heterocycles. The quantitative estimate of drug-likeness (QED) is 0.322. The van der Waals surface area contributed by atoms with Crippen molar-refractivity contribution in [3.63, 3.8) is 0 Å². The van der Waals surface area contributed by atoms with E-state index in [0.717, 1.165) is 0 Å². The second-order valence-corrected chi connectivity index (χ2v) is 9.10. The standard InChI is InChI=1S/C26H22BrFN6O3/c1-15-22(25(35)30-18-9-4-3-5-10-18)23(34-26(29-15)31-32-33-34)17-12-19(27)24(21(13-17)36-2)37-14-16-8-6-7-11-20(16)28/h3-13,23H,14H2,1-2H3,(H,30,35)(H,29,31,33). The molecule has 11 heteroatoms. The van der Waals surface area contributed by atoms with Gasteiger partial charge >= 0.3 is 0 Å². The number of methoxy groups -OCH3 is 1. The Morgan fingerprint density at radius 2 is 1.92 bits per heavy atom. The second-order valence-electron chi connectivity index (χ2n) is 8.25. The maximum atomic E-state index is 14.1. The third kappa shape index (κ3) is 4.90. The van der Waals surface area contributed by atoms with E-state index in [1.54, 1.807) is 31.2 Å². The fourth-order valence-corrected chi connectivity index (χ4v) is 4.71. The van der Waals surface area contributed by atoms with Crippen LogP contribution < -0.4 is 20.1 Å². The van der Waals surface area contributed by atoms with Crippen molar-refractivity contribution >= 4 is 33.5 Å². The van der Waals surface area contributed by atoms with Crippen molar-refractivity contribution in [2.45, 2.75) is 19.6 Å². The summed E-state index contributed by atoms with van der Waals surface area (Å²) in [6.45, 7) is 1.80. The van der Waals surface area contributed by atoms with Gasteiger partial charge < -0.3 is 20.1 Å². The lowest BCUT2D eigenvalue weighted by molar-refractivity contribution is -0.113. The van der Waals surface area contributed by atoms with E-state index in [-0.39, 0.29) is 18.3 Å². The van der Waals surface area contributed by atoms with Gasteiger partial charge in [-0.25, -0.2) is 4.39 Å². The Labute approximate surface area is 220 Å². The van der Waals surface area contributed by atoms with E-state index in [4.69, 9.17) is 9.47 Å². The lowest BCUT2D eigenvalue weighted by atomic mass is 9.94. The summed E-state index contributed by atoms with van der Waals surface area (Å²) >= 11 is 3.56. The summed E-state index contributed by atoms with van der Waals surface area (Å²) in [4.78, 5) is 13.5. The average Bonchev–Trinajstić information content (AvgIpc) is 3.36. The van der Waals surface area contributed by atoms with E-state index < -0.39 is 6.04 Å². The predicted molar refractivity (Wildman–Crippen MR) is 139 cm³/mol. The highest BCUT2D eigenvalue weighted by molar-refractivity contribution is 9.10. The Bertz CT molecular complexity index is 1490. The average molecular weight is 565 g/mol. The Balaban J connectivity index is 1.52. The SMILES string of the molecule is COc1cc(C2C(C(=O)Nc3ccccc3)=C(C)Nc3nnnn32)cc(Br)c1OCc1ccccc1F. The predicted octanol–water partition coefficient (Wildman–Crippen LogP) is 5.09. The number of hydrogen-bond acceptors (Lipinski definition) is 7. The molecule has 1 unspecified atom stereocenters. The molecule has 37 heavy (non-hydrogen) atoms. The third-order valence-corrected chi connectivity index (χ3v) is 6.48. The molecule has 0 spiro atoms. The molecule has 1 aromatic heterocycles. The summed E-state index contributed by atoms with van der Waals surface area (Å²) in [5.74, 6) is 0.529. The fourth-order valence-electron chi connectivity index (χ4n) is 4.14. The Hall–Kier alpha value is -4.25. The fraction of sp³-hybridized carbons (Fsp3) is 0.154. The van der Waals surface area contributed by atoms with Gasteiger partial charge in [0.05, 0.1) is 17.2 Å². The molecule has 5 rings (SSSR count). The van der Waals surface area contributed by atoms with Crippen LogP contribution in [0.25, 0.3) is 0 Å². The minimum absolute atomic E-state index is 0.00914. The lowest BCUT2D eigenvalue weighted by Crippen LogP contribution is -2.31. The summed E-state index contributed by atoms with van der Waals surface area (Å²) < 4.78 is 27.8. The number of fused-ring (bicyclic) bond motifs is 1. The molecule has 188 valence electrons. The van der Waals surface area contributed by atoms with Crippen molar-refractivity contribution in [2.24, 2.45) is 0 Å². The number of aromatic nitrogens is 4. The summed E-state index contributed by atoms with van der Waals surface area (Å²) in [7, 11) is 1.51. The number of amides is 1. The van der Waals surface area contributed by atoms with Gasteiger partial charge in [-0.05, 0) is 69.2 Å². The Kier molecular flexibility index (Phi) is 6.87. The van der Waals surface area contributed by atoms with Gasteiger partial charge in [-0.2, -0.15) is 4.68 Å². The molecule has 1 atom stereocenters. The van der Waals surface area contributed by atoms with Crippen LogP contribution in [0.4, 0.5) is 16.0 Å². The molecule has 0 saturated heterocycles. The number of carbonyl (C=O) groups is 1. The minimum Gasteiger partial charge on any atom is -0.493 e. The smallest absolute Gasteiger partial charge is 0.255 e. The highest BCUT2D eigenvalue weighted by Crippen LogP contribution is 2.43. The van der Waals surface area contributed by atoms with Crippen molar-refractivity contribution in [1.82, 2.24) is 20.2 Å². The number of rotatable bonds is 7. The van der Waals surface area contributed by atoms with Gasteiger partial charge in [-0.3, -0.25) is 4.79 Å². The zero-order valence-electron chi connectivity index (χ0n) is 19.9. The van der Waals surface area contributed by atoms with Crippen LogP contribution in [-0.4, -0.2) is 33.2 Å². The zero-order valence-corrected chi connectivity index (χ0v) is 21.5. The number of tetrazole rings is 1. The van der Waals surface area contributed by atoms with Crippen LogP contribution in [0.1, 0.15) is 24.1 Å². The van der Waals surface area contributed by atoms with Gasteiger partial charge in [0.2, 0.25) is 5.95 Å². The van der Waals surface area contributed by atoms with E-state index in [2.05, 4.69) is 42.1 Å². The summed E-state index contributed by atoms with van der Waals surface area (Å²) in [6.07, 6.45) is 0. The molecule has 0 radical (unpaired) electrons. The topological polar surface area (TPSA) is 103 Å². The first-order chi connectivity index (χ1) is 18.0. The molecule has 0 aliphatic carbocycles. The second kappa shape index (κ2) is 10.4. The van der Waals surface area contributed by atoms with Gasteiger partial charge in [0, 0.05) is 16.9 Å². The molecule has 0 bridgehead atoms. The first kappa shape index (κ1) is 24.4. The van der Waals surface area contributed by atoms with Crippen molar-refractivity contribution < 1.29 is 18.7 Å². The van der Waals surface area contributed by atoms with Gasteiger partial charge in [-0.15, -0.1) is 0 Å². The molecule has 1 amide bonds. The maximum absolute atomic E-state index is 14.1. The van der Waals surface area contributed by atoms with Crippen molar-refractivity contribution in [3.8, 4) is 11.5 Å². The van der Waals surface area contributed by atoms with Gasteiger partial charge in [0.1, 0.15) is 18.5 Å². The normalized spacial score (nSPS) is 14.5. The largest absolute Gasteiger partial charge is 0.493 e. The molecule has 3 aromatic carbocycles. The molecule has 0 saturated carbocycles. The number of allylic oxidation sites excluding steroid dienone is 1. The Morgan fingerprint density at radius 3 is 2.68 bits per heavy atom. The van der Waals surface area contributed by atoms with Gasteiger partial charge in [0.25, 0.3) is 5.91 Å². The number of carbonyl (C=O) groups excluding carboxylic acids is 1. The first-order valence-corrected chi connectivity index (χ1v) is 12.1. The summed E-state index contributed by atoms with van der Waals surface area (Å²) in [5, 5.41) is 18.0. The zero-order chi connectivity index (χ0) is 25.9. The highest BCUT2D eigenvalue weighted by atomic mass is 79.9. The van der Waals surface area contributed by atoms with Crippen molar-refractivity contribution in [1.29, 1.82) is 0 Å². The number of ether oxygens (including phenoxy) is 2. The molecule has 0 fully saturated rings. The number of hydrogen-bond donors (Lipinski definition) is 2. The van der Waals surface area contributed by atoms with Crippen molar-refractivity contribution in [2.75, 3.05) is 17.7 Å². The number of para-hydroxylation sites is 1. The number of nitrogens with zero attached hydrogens (tertiary/aromatic N) is 4. The van der Waals surface area contributed by atoms with Crippen LogP contribution in [0, 0.1) is 5.82 Å². The third-order valence-electron chi connectivity index (χ3n) is 5.89. The van der Waals surface area contributed by atoms with Crippen LogP contribution in [-0.2, 0) is 11.4 Å². The number of nitrogens with one attached hydrogen (secondary N) is 2. The molecule has 2 N–H and O–H groups in total. The molecule has 4 aromatic rings. The molecular formula is C26H22BrFN6O3. The van der Waals surface area contributed by atoms with E-state index in [9.17, 15) is 9.18 Å². The van der Waals surface area contributed by atoms with E-state index >= 15 is 0 Å². The number of halogens is 2. The maximum Gasteiger partial charge on any atom is 0.255 e. The Morgan fingerprint density at radius 1 is 1.16 bits per heavy atom. The number of anilines is 2. The van der Waals surface area contributed by atoms with Gasteiger partial charge in [-0.1, -0.05) is 41.5 Å². The highest BCUT2D eigenvalue weighted by Gasteiger charge is 2.35. The molecule has 9 nitrogen and oxygen atoms in total. The first-order valence-electron chi connectivity index (χ1n) is 11.3.